The van der Waals surface area contributed by atoms with Crippen LogP contribution in [0.4, 0.5) is 0 Å². The topological polar surface area (TPSA) is 109 Å². The van der Waals surface area contributed by atoms with Crippen LogP contribution in [0.5, 0.6) is 0 Å². The van der Waals surface area contributed by atoms with Crippen LogP contribution in [0.15, 0.2) is 40.4 Å². The molecule has 9 heteroatoms. The molecule has 4 rings (SSSR count). The summed E-state index contributed by atoms with van der Waals surface area (Å²) in [5.74, 6) is -0.679. The number of thiazole rings is 1. The Morgan fingerprint density at radius 1 is 1.18 bits per heavy atom. The largest absolute Gasteiger partial charge is 0.391 e. The number of hydrogen-bond donors (Lipinski definition) is 2. The van der Waals surface area contributed by atoms with E-state index in [4.69, 9.17) is 4.52 Å². The summed E-state index contributed by atoms with van der Waals surface area (Å²) in [7, 11) is 0. The Hall–Kier alpha value is -3.04. The first-order valence-corrected chi connectivity index (χ1v) is 14.0. The van der Waals surface area contributed by atoms with Crippen molar-refractivity contribution in [1.82, 2.24) is 20.4 Å². The number of hydrogen-bond acceptors (Lipinski definition) is 7. The van der Waals surface area contributed by atoms with Crippen LogP contribution in [0.1, 0.15) is 75.7 Å². The first kappa shape index (κ1) is 28.0. The summed E-state index contributed by atoms with van der Waals surface area (Å²) in [6, 6.07) is 8.89. The average molecular weight is 539 g/mol. The average Bonchev–Trinajstić information content (AvgIpc) is 3.56. The number of carbonyl (C=O) groups is 2. The molecule has 1 aliphatic rings. The van der Waals surface area contributed by atoms with Gasteiger partial charge in [0.25, 0.3) is 0 Å². The first-order valence-electron chi connectivity index (χ1n) is 13.1. The number of nitrogens with zero attached hydrogens (tertiary/aromatic N) is 3. The van der Waals surface area contributed by atoms with Gasteiger partial charge in [-0.05, 0) is 36.3 Å². The quantitative estimate of drug-likeness (QED) is 0.437. The molecule has 0 radical (unpaired) electrons. The van der Waals surface area contributed by atoms with Gasteiger partial charge in [-0.2, -0.15) is 0 Å². The molecule has 1 unspecified atom stereocenters. The summed E-state index contributed by atoms with van der Waals surface area (Å²) in [4.78, 5) is 34.4. The van der Waals surface area contributed by atoms with Crippen LogP contribution in [0.25, 0.3) is 10.4 Å². The van der Waals surface area contributed by atoms with E-state index in [1.54, 1.807) is 17.4 Å². The fraction of sp³-hybridized carbons (Fsp3) is 0.517. The number of amides is 2. The van der Waals surface area contributed by atoms with Crippen molar-refractivity contribution in [1.29, 1.82) is 0 Å². The van der Waals surface area contributed by atoms with Crippen LogP contribution in [0.2, 0.25) is 0 Å². The molecule has 0 aliphatic carbocycles. The van der Waals surface area contributed by atoms with E-state index < -0.39 is 18.1 Å². The van der Waals surface area contributed by atoms with Gasteiger partial charge in [0, 0.05) is 19.0 Å². The van der Waals surface area contributed by atoms with Gasteiger partial charge in [-0.15, -0.1) is 11.3 Å². The van der Waals surface area contributed by atoms with Gasteiger partial charge in [0.15, 0.2) is 0 Å². The van der Waals surface area contributed by atoms with E-state index in [0.717, 1.165) is 21.7 Å². The maximum Gasteiger partial charge on any atom is 0.243 e. The smallest absolute Gasteiger partial charge is 0.243 e. The lowest BCUT2D eigenvalue weighted by molar-refractivity contribution is -0.141. The number of aliphatic hydroxyl groups is 1. The van der Waals surface area contributed by atoms with Crippen LogP contribution >= 0.6 is 11.3 Å². The van der Waals surface area contributed by atoms with Crippen LogP contribution in [0.3, 0.4) is 0 Å². The number of carbonyl (C=O) groups excluding carboxylic acids is 2. The maximum atomic E-state index is 13.7. The lowest BCUT2D eigenvalue weighted by Gasteiger charge is -2.35. The van der Waals surface area contributed by atoms with Gasteiger partial charge < -0.3 is 19.8 Å². The Kier molecular flexibility index (Phi) is 8.09. The standard InChI is InChI=1S/C29H38N4O4S/c1-16(2)24(23-12-17(3)32-37-23)28(36)33-14-21(34)13-22(33)27(35)31-26(29(5,6)7)20-10-8-19(9-11-20)25-18(4)30-15-38-25/h8-12,15-16,21-22,24,26,34H,13-14H2,1-7H3,(H,31,35)/t21-,22+,24-,26?/m1/s1. The molecule has 1 saturated heterocycles. The van der Waals surface area contributed by atoms with Crippen molar-refractivity contribution < 1.29 is 19.2 Å². The number of aryl methyl sites for hydroxylation is 2. The predicted octanol–water partition coefficient (Wildman–Crippen LogP) is 5.02. The molecule has 0 spiro atoms. The molecule has 2 N–H and O–H groups in total. The highest BCUT2D eigenvalue weighted by Crippen LogP contribution is 2.36. The van der Waals surface area contributed by atoms with Crippen LogP contribution in [-0.4, -0.2) is 50.7 Å². The van der Waals surface area contributed by atoms with Gasteiger partial charge >= 0.3 is 0 Å². The molecule has 4 atom stereocenters. The SMILES string of the molecule is Cc1cc([C@H](C(=O)N2C[C@H](O)C[C@H]2C(=O)NC(c2ccc(-c3scnc3C)cc2)C(C)(C)C)C(C)C)on1. The normalized spacial score (nSPS) is 19.6. The summed E-state index contributed by atoms with van der Waals surface area (Å²) < 4.78 is 5.44. The molecule has 38 heavy (non-hydrogen) atoms. The van der Waals surface area contributed by atoms with Crippen LogP contribution < -0.4 is 5.32 Å². The Morgan fingerprint density at radius 3 is 2.39 bits per heavy atom. The van der Waals surface area contributed by atoms with E-state index in [1.807, 2.05) is 45.3 Å². The van der Waals surface area contributed by atoms with E-state index in [1.165, 1.54) is 4.90 Å². The molecular formula is C29H38N4O4S. The fourth-order valence-corrected chi connectivity index (χ4v) is 6.01. The molecule has 1 fully saturated rings. The highest BCUT2D eigenvalue weighted by atomic mass is 32.1. The van der Waals surface area contributed by atoms with Gasteiger partial charge in [0.05, 0.1) is 33.9 Å². The molecule has 2 amide bonds. The van der Waals surface area contributed by atoms with Crippen molar-refractivity contribution in [2.45, 2.75) is 79.0 Å². The Labute approximate surface area is 228 Å². The highest BCUT2D eigenvalue weighted by molar-refractivity contribution is 7.13. The highest BCUT2D eigenvalue weighted by Gasteiger charge is 2.44. The molecule has 204 valence electrons. The maximum absolute atomic E-state index is 13.7. The predicted molar refractivity (Wildman–Crippen MR) is 148 cm³/mol. The van der Waals surface area contributed by atoms with E-state index in [9.17, 15) is 14.7 Å². The van der Waals surface area contributed by atoms with E-state index in [0.29, 0.717) is 11.5 Å². The molecule has 0 bridgehead atoms. The number of rotatable bonds is 7. The Balaban J connectivity index is 1.57. The summed E-state index contributed by atoms with van der Waals surface area (Å²) in [5, 5.41) is 17.7. The van der Waals surface area contributed by atoms with Crippen molar-refractivity contribution in [3.05, 3.63) is 58.6 Å². The third kappa shape index (κ3) is 5.83. The molecule has 2 aromatic heterocycles. The summed E-state index contributed by atoms with van der Waals surface area (Å²) in [5.41, 5.74) is 5.30. The van der Waals surface area contributed by atoms with Crippen molar-refractivity contribution >= 4 is 23.2 Å². The van der Waals surface area contributed by atoms with Gasteiger partial charge in [-0.25, -0.2) is 4.98 Å². The molecule has 1 aliphatic heterocycles. The molecule has 8 nitrogen and oxygen atoms in total. The zero-order chi connectivity index (χ0) is 27.8. The van der Waals surface area contributed by atoms with Gasteiger partial charge in [0.1, 0.15) is 17.7 Å². The van der Waals surface area contributed by atoms with Crippen molar-refractivity contribution in [3.8, 4) is 10.4 Å². The Bertz CT molecular complexity index is 1270. The van der Waals surface area contributed by atoms with Gasteiger partial charge in [0.2, 0.25) is 11.8 Å². The number of likely N-dealkylation sites (tertiary alicyclic amines) is 1. The summed E-state index contributed by atoms with van der Waals surface area (Å²) in [6.45, 7) is 14.0. The number of nitrogens with one attached hydrogen (secondary N) is 1. The van der Waals surface area contributed by atoms with Crippen molar-refractivity contribution in [2.24, 2.45) is 11.3 Å². The first-order chi connectivity index (χ1) is 17.9. The zero-order valence-electron chi connectivity index (χ0n) is 23.2. The van der Waals surface area contributed by atoms with E-state index >= 15 is 0 Å². The third-order valence-corrected chi connectivity index (χ3v) is 8.13. The van der Waals surface area contributed by atoms with E-state index in [2.05, 4.69) is 48.4 Å². The summed E-state index contributed by atoms with van der Waals surface area (Å²) >= 11 is 1.60. The minimum absolute atomic E-state index is 0.0701. The van der Waals surface area contributed by atoms with Gasteiger partial charge in [-0.3, -0.25) is 9.59 Å². The molecule has 1 aromatic carbocycles. The second-order valence-electron chi connectivity index (χ2n) is 11.7. The third-order valence-electron chi connectivity index (χ3n) is 7.15. The minimum atomic E-state index is -0.772. The molecule has 0 saturated carbocycles. The molecule has 3 aromatic rings. The summed E-state index contributed by atoms with van der Waals surface area (Å²) in [6.07, 6.45) is -0.577. The van der Waals surface area contributed by atoms with E-state index in [-0.39, 0.29) is 42.2 Å². The number of β-amino-alcohol motifs (C(OH)–C–C–N with tert-alkyl or cyclic N) is 1. The molecule has 3 heterocycles. The number of aliphatic hydroxyl groups excluding tert-OH is 1. The lowest BCUT2D eigenvalue weighted by Crippen LogP contribution is -2.50. The van der Waals surface area contributed by atoms with Gasteiger partial charge in [-0.1, -0.05) is 64.0 Å². The number of benzene rings is 1. The molecular weight excluding hydrogens is 500 g/mol. The lowest BCUT2D eigenvalue weighted by atomic mass is 9.82. The monoisotopic (exact) mass is 538 g/mol. The van der Waals surface area contributed by atoms with Crippen LogP contribution in [-0.2, 0) is 9.59 Å². The minimum Gasteiger partial charge on any atom is -0.391 e. The Morgan fingerprint density at radius 2 is 1.87 bits per heavy atom. The van der Waals surface area contributed by atoms with Crippen molar-refractivity contribution in [3.63, 3.8) is 0 Å². The van der Waals surface area contributed by atoms with Crippen LogP contribution in [0, 0.1) is 25.2 Å². The number of aromatic nitrogens is 2. The zero-order valence-corrected chi connectivity index (χ0v) is 24.0. The second-order valence-corrected chi connectivity index (χ2v) is 12.5. The van der Waals surface area contributed by atoms with Crippen molar-refractivity contribution in [2.75, 3.05) is 6.54 Å². The fourth-order valence-electron chi connectivity index (χ4n) is 5.19. The second kappa shape index (κ2) is 11.0.